The molecule has 0 unspecified atom stereocenters. The third-order valence-corrected chi connectivity index (χ3v) is 5.36. The smallest absolute Gasteiger partial charge is 0.227 e. The molecule has 5 rings (SSSR count). The molecule has 0 bridgehead atoms. The summed E-state index contributed by atoms with van der Waals surface area (Å²) in [4.78, 5) is 4.38. The van der Waals surface area contributed by atoms with E-state index in [4.69, 9.17) is 14.0 Å². The zero-order chi connectivity index (χ0) is 25.3. The highest BCUT2D eigenvalue weighted by Crippen LogP contribution is 2.42. The summed E-state index contributed by atoms with van der Waals surface area (Å²) in [5.74, 6) is -2.80. The minimum absolute atomic E-state index is 0.111. The maximum absolute atomic E-state index is 8.66. The second kappa shape index (κ2) is 6.16. The molecule has 0 atom stereocenters. The monoisotopic (exact) mass is 374 g/mol. The molecule has 3 nitrogen and oxygen atoms in total. The highest BCUT2D eigenvalue weighted by Gasteiger charge is 2.24. The number of benzene rings is 2. The fourth-order valence-electron chi connectivity index (χ4n) is 3.99. The Hall–Kier alpha value is -3.20. The Bertz CT molecular complexity index is 1600. The Morgan fingerprint density at radius 3 is 2.68 bits per heavy atom. The number of fused-ring (bicyclic) bond motifs is 5. The van der Waals surface area contributed by atoms with E-state index in [2.05, 4.69) is 4.98 Å². The molecule has 0 saturated carbocycles. The van der Waals surface area contributed by atoms with E-state index in [1.165, 1.54) is 12.1 Å². The minimum atomic E-state index is -3.08. The molecule has 0 aliphatic heterocycles. The molecule has 3 heteroatoms. The topological polar surface area (TPSA) is 29.9 Å². The summed E-state index contributed by atoms with van der Waals surface area (Å²) < 4.78 is 64.2. The number of furan rings is 1. The minimum Gasteiger partial charge on any atom is -0.437 e. The van der Waals surface area contributed by atoms with Crippen molar-refractivity contribution >= 4 is 32.8 Å². The summed E-state index contributed by atoms with van der Waals surface area (Å²) >= 11 is 0. The molecule has 0 aliphatic rings. The maximum atomic E-state index is 8.66. The predicted molar refractivity (Wildman–Crippen MR) is 114 cm³/mol. The lowest BCUT2D eigenvalue weighted by molar-refractivity contribution is -0.660. The van der Waals surface area contributed by atoms with E-state index in [0.717, 1.165) is 27.1 Å². The van der Waals surface area contributed by atoms with E-state index >= 15 is 0 Å². The number of nitrogens with zero attached hydrogens (tertiary/aromatic N) is 2. The van der Waals surface area contributed by atoms with Crippen LogP contribution in [0.2, 0.25) is 0 Å². The zero-order valence-electron chi connectivity index (χ0n) is 22.6. The van der Waals surface area contributed by atoms with E-state index in [0.29, 0.717) is 22.6 Å². The van der Waals surface area contributed by atoms with Gasteiger partial charge >= 0.3 is 0 Å². The van der Waals surface area contributed by atoms with Crippen LogP contribution in [0.5, 0.6) is 0 Å². The standard InChI is InChI=1S/C25H23N2O/c1-15(2)17-11-13-27(4)21(14-17)22-16(3)18-8-5-6-9-19(18)23-20-10-7-12-26-25(20)28-24(22)23/h5-15H,1-4H3/q+1/i1D3,2D3,15D. The van der Waals surface area contributed by atoms with Crippen LogP contribution in [-0.2, 0) is 7.05 Å². The normalized spacial score (nSPS) is 16.9. The lowest BCUT2D eigenvalue weighted by Crippen LogP contribution is -2.31. The molecule has 0 spiro atoms. The SMILES string of the molecule is [2H]C([2H])([2H])C([2H])(c1cc[n+](C)c(-c2c(C)c3ccccc3c3c2oc2ncccc23)c1)C([2H])([2H])[2H]. The van der Waals surface area contributed by atoms with Crippen LogP contribution in [0.3, 0.4) is 0 Å². The van der Waals surface area contributed by atoms with Gasteiger partial charge in [0.25, 0.3) is 0 Å². The number of hydrogen-bond acceptors (Lipinski definition) is 2. The molecule has 0 aliphatic carbocycles. The quantitative estimate of drug-likeness (QED) is 0.352. The molecule has 0 fully saturated rings. The molecule has 0 N–H and O–H groups in total. The number of pyridine rings is 2. The summed E-state index contributed by atoms with van der Waals surface area (Å²) in [5.41, 5.74) is 3.05. The van der Waals surface area contributed by atoms with Crippen molar-refractivity contribution in [2.24, 2.45) is 7.05 Å². The van der Waals surface area contributed by atoms with Crippen molar-refractivity contribution in [1.82, 2.24) is 4.98 Å². The molecule has 0 saturated heterocycles. The first kappa shape index (κ1) is 11.0. The fraction of sp³-hybridized carbons (Fsp3) is 0.200. The van der Waals surface area contributed by atoms with Crippen molar-refractivity contribution in [3.8, 4) is 11.3 Å². The molecule has 5 aromatic rings. The second-order valence-corrected chi connectivity index (χ2v) is 6.99. The number of hydrogen-bond donors (Lipinski definition) is 0. The van der Waals surface area contributed by atoms with Crippen LogP contribution in [0.4, 0.5) is 0 Å². The van der Waals surface area contributed by atoms with Crippen LogP contribution >= 0.6 is 0 Å². The molecule has 28 heavy (non-hydrogen) atoms. The van der Waals surface area contributed by atoms with Crippen LogP contribution in [0.25, 0.3) is 44.1 Å². The average Bonchev–Trinajstić information content (AvgIpc) is 3.17. The van der Waals surface area contributed by atoms with Crippen molar-refractivity contribution in [2.45, 2.75) is 26.5 Å². The molecule has 0 amide bonds. The lowest BCUT2D eigenvalue weighted by Gasteiger charge is -2.12. The van der Waals surface area contributed by atoms with Crippen molar-refractivity contribution in [3.63, 3.8) is 0 Å². The summed E-state index contributed by atoms with van der Waals surface area (Å²) in [7, 11) is 1.79. The summed E-state index contributed by atoms with van der Waals surface area (Å²) in [6, 6.07) is 14.6. The summed E-state index contributed by atoms with van der Waals surface area (Å²) in [6.07, 6.45) is 3.24. The van der Waals surface area contributed by atoms with Crippen LogP contribution in [-0.4, -0.2) is 4.98 Å². The number of aromatic nitrogens is 2. The number of rotatable bonds is 2. The first-order valence-electron chi connectivity index (χ1n) is 12.6. The molecule has 3 heterocycles. The van der Waals surface area contributed by atoms with E-state index in [-0.39, 0.29) is 5.56 Å². The van der Waals surface area contributed by atoms with Crippen LogP contribution in [0.1, 0.15) is 40.3 Å². The molecule has 2 aromatic carbocycles. The molecule has 0 radical (unpaired) electrons. The van der Waals surface area contributed by atoms with Gasteiger partial charge in [0.05, 0.1) is 5.56 Å². The van der Waals surface area contributed by atoms with Gasteiger partial charge in [0.2, 0.25) is 11.4 Å². The van der Waals surface area contributed by atoms with Gasteiger partial charge in [-0.1, -0.05) is 38.0 Å². The third-order valence-electron chi connectivity index (χ3n) is 5.36. The van der Waals surface area contributed by atoms with Gasteiger partial charge in [-0.15, -0.1) is 0 Å². The average molecular weight is 375 g/mol. The van der Waals surface area contributed by atoms with Crippen molar-refractivity contribution < 1.29 is 18.6 Å². The molecular formula is C25H23N2O+. The van der Waals surface area contributed by atoms with Gasteiger partial charge in [0, 0.05) is 38.7 Å². The van der Waals surface area contributed by atoms with Gasteiger partial charge in [-0.3, -0.25) is 0 Å². The van der Waals surface area contributed by atoms with Gasteiger partial charge in [-0.2, -0.15) is 0 Å². The maximum Gasteiger partial charge on any atom is 0.227 e. The van der Waals surface area contributed by atoms with Gasteiger partial charge in [0.1, 0.15) is 7.05 Å². The summed E-state index contributed by atoms with van der Waals surface area (Å²) in [5, 5.41) is 3.70. The Labute approximate surface area is 174 Å². The Kier molecular flexibility index (Phi) is 2.41. The van der Waals surface area contributed by atoms with Gasteiger partial charge < -0.3 is 4.42 Å². The largest absolute Gasteiger partial charge is 0.437 e. The van der Waals surface area contributed by atoms with Crippen LogP contribution in [0, 0.1) is 6.92 Å². The van der Waals surface area contributed by atoms with Gasteiger partial charge in [-0.25, -0.2) is 9.55 Å². The summed E-state index contributed by atoms with van der Waals surface area (Å²) in [6.45, 7) is -4.20. The second-order valence-electron chi connectivity index (χ2n) is 6.99. The first-order chi connectivity index (χ1) is 16.4. The van der Waals surface area contributed by atoms with E-state index in [9.17, 15) is 0 Å². The van der Waals surface area contributed by atoms with Gasteiger partial charge in [0.15, 0.2) is 11.8 Å². The highest BCUT2D eigenvalue weighted by molar-refractivity contribution is 6.22. The lowest BCUT2D eigenvalue weighted by atomic mass is 9.92. The van der Waals surface area contributed by atoms with E-state index in [1.807, 2.05) is 43.3 Å². The Balaban J connectivity index is 1.93. The molecule has 3 aromatic heterocycles. The number of aryl methyl sites for hydroxylation is 2. The predicted octanol–water partition coefficient (Wildman–Crippen LogP) is 6.06. The van der Waals surface area contributed by atoms with Crippen molar-refractivity contribution in [1.29, 1.82) is 0 Å². The molecule has 138 valence electrons. The van der Waals surface area contributed by atoms with E-state index < -0.39 is 19.6 Å². The highest BCUT2D eigenvalue weighted by atomic mass is 16.3. The first-order valence-corrected chi connectivity index (χ1v) is 9.05. The fourth-order valence-corrected chi connectivity index (χ4v) is 3.99. The van der Waals surface area contributed by atoms with Crippen molar-refractivity contribution in [2.75, 3.05) is 0 Å². The third kappa shape index (κ3) is 2.36. The molecular weight excluding hydrogens is 344 g/mol. The zero-order valence-corrected chi connectivity index (χ0v) is 15.6. The van der Waals surface area contributed by atoms with Gasteiger partial charge in [-0.05, 0) is 46.8 Å². The van der Waals surface area contributed by atoms with Crippen LogP contribution < -0.4 is 4.57 Å². The Morgan fingerprint density at radius 1 is 1.07 bits per heavy atom. The van der Waals surface area contributed by atoms with Crippen LogP contribution in [0.15, 0.2) is 65.3 Å². The van der Waals surface area contributed by atoms with E-state index in [1.54, 1.807) is 24.0 Å². The van der Waals surface area contributed by atoms with Crippen molar-refractivity contribution in [3.05, 3.63) is 72.1 Å². The Morgan fingerprint density at radius 2 is 1.86 bits per heavy atom.